The molecule has 3 N–H and O–H groups in total. The van der Waals surface area contributed by atoms with Gasteiger partial charge in [0.1, 0.15) is 22.1 Å². The van der Waals surface area contributed by atoms with E-state index in [2.05, 4.69) is 10.3 Å². The maximum absolute atomic E-state index is 13.4. The van der Waals surface area contributed by atoms with Crippen molar-refractivity contribution in [2.75, 3.05) is 0 Å². The van der Waals surface area contributed by atoms with Gasteiger partial charge in [-0.15, -0.1) is 23.7 Å². The molecule has 0 saturated carbocycles. The molecule has 0 spiro atoms. The molecule has 0 radical (unpaired) electrons. The van der Waals surface area contributed by atoms with Crippen LogP contribution in [0.5, 0.6) is 5.75 Å². The first-order chi connectivity index (χ1) is 12.0. The smallest absolute Gasteiger partial charge is 0.416 e. The minimum absolute atomic E-state index is 0. The first-order valence-electron chi connectivity index (χ1n) is 7.81. The summed E-state index contributed by atoms with van der Waals surface area (Å²) in [4.78, 5) is 16.1. The average molecular weight is 424 g/mol. The number of carbonyl (C=O) groups excluding carboxylic acids is 1. The number of carbonyl (C=O) groups is 1. The van der Waals surface area contributed by atoms with Crippen molar-refractivity contribution in [3.05, 3.63) is 45.4 Å². The van der Waals surface area contributed by atoms with Crippen LogP contribution < -0.4 is 15.8 Å². The highest BCUT2D eigenvalue weighted by molar-refractivity contribution is 7.09. The largest absolute Gasteiger partial charge is 0.488 e. The van der Waals surface area contributed by atoms with Gasteiger partial charge in [0, 0.05) is 18.5 Å². The number of nitrogens with one attached hydrogen (secondary N) is 1. The fourth-order valence-corrected chi connectivity index (χ4v) is 2.82. The van der Waals surface area contributed by atoms with Gasteiger partial charge in [0.25, 0.3) is 5.91 Å². The molecule has 10 heteroatoms. The van der Waals surface area contributed by atoms with E-state index in [0.717, 1.165) is 6.07 Å². The summed E-state index contributed by atoms with van der Waals surface area (Å²) in [6.45, 7) is 5.16. The Kier molecular flexibility index (Phi) is 7.65. The van der Waals surface area contributed by atoms with Crippen molar-refractivity contribution in [1.82, 2.24) is 10.3 Å². The topological polar surface area (TPSA) is 77.2 Å². The van der Waals surface area contributed by atoms with E-state index in [0.29, 0.717) is 5.01 Å². The summed E-state index contributed by atoms with van der Waals surface area (Å²) in [5.41, 5.74) is 4.05. The Morgan fingerprint density at radius 3 is 2.48 bits per heavy atom. The van der Waals surface area contributed by atoms with Crippen LogP contribution in [-0.2, 0) is 19.3 Å². The Bertz CT molecular complexity index is 788. The van der Waals surface area contributed by atoms with E-state index in [1.165, 1.54) is 28.8 Å². The first kappa shape index (κ1) is 23.2. The second-order valence-corrected chi connectivity index (χ2v) is 7.49. The molecule has 0 aliphatic rings. The molecule has 5 nitrogen and oxygen atoms in total. The molecule has 0 saturated heterocycles. The highest BCUT2D eigenvalue weighted by Crippen LogP contribution is 2.35. The molecular formula is C17H21ClF3N3O2S. The third-order valence-electron chi connectivity index (χ3n) is 3.21. The van der Waals surface area contributed by atoms with Gasteiger partial charge in [-0.3, -0.25) is 4.79 Å². The number of halogens is 4. The van der Waals surface area contributed by atoms with E-state index in [4.69, 9.17) is 10.5 Å². The Labute approximate surface area is 165 Å². The Morgan fingerprint density at radius 2 is 1.96 bits per heavy atom. The molecule has 0 unspecified atom stereocenters. The normalized spacial score (nSPS) is 11.7. The number of hydrogen-bond donors (Lipinski definition) is 2. The first-order valence-corrected chi connectivity index (χ1v) is 8.69. The SMILES string of the molecule is CC(C)(C)Oc1ccc(CNC(=O)c2csc(CN)n2)c(C(F)(F)F)c1.Cl. The van der Waals surface area contributed by atoms with Crippen LogP contribution in [0.1, 0.15) is 47.4 Å². The molecule has 1 heterocycles. The Morgan fingerprint density at radius 1 is 1.30 bits per heavy atom. The lowest BCUT2D eigenvalue weighted by Gasteiger charge is -2.23. The third-order valence-corrected chi connectivity index (χ3v) is 4.08. The molecule has 0 aliphatic heterocycles. The molecule has 1 aromatic heterocycles. The van der Waals surface area contributed by atoms with Crippen molar-refractivity contribution in [3.8, 4) is 5.75 Å². The molecule has 0 atom stereocenters. The zero-order chi connectivity index (χ0) is 19.5. The highest BCUT2D eigenvalue weighted by Gasteiger charge is 2.34. The molecule has 150 valence electrons. The van der Waals surface area contributed by atoms with Gasteiger partial charge in [-0.1, -0.05) is 6.07 Å². The van der Waals surface area contributed by atoms with Gasteiger partial charge < -0.3 is 15.8 Å². The molecule has 1 aromatic carbocycles. The van der Waals surface area contributed by atoms with Crippen LogP contribution in [0, 0.1) is 0 Å². The number of ether oxygens (including phenoxy) is 1. The van der Waals surface area contributed by atoms with E-state index in [1.54, 1.807) is 20.8 Å². The summed E-state index contributed by atoms with van der Waals surface area (Å²) in [6.07, 6.45) is -4.56. The van der Waals surface area contributed by atoms with E-state index in [-0.39, 0.29) is 42.5 Å². The predicted octanol–water partition coefficient (Wildman–Crippen LogP) is 4.15. The number of alkyl halides is 3. The van der Waals surface area contributed by atoms with Crippen molar-refractivity contribution >= 4 is 29.7 Å². The summed E-state index contributed by atoms with van der Waals surface area (Å²) >= 11 is 1.22. The van der Waals surface area contributed by atoms with E-state index in [9.17, 15) is 18.0 Å². The number of benzene rings is 1. The van der Waals surface area contributed by atoms with Crippen molar-refractivity contribution in [3.63, 3.8) is 0 Å². The quantitative estimate of drug-likeness (QED) is 0.757. The van der Waals surface area contributed by atoms with Gasteiger partial charge in [0.15, 0.2) is 0 Å². The van der Waals surface area contributed by atoms with Crippen LogP contribution in [-0.4, -0.2) is 16.5 Å². The summed E-state index contributed by atoms with van der Waals surface area (Å²) in [5, 5.41) is 4.55. The van der Waals surface area contributed by atoms with Crippen LogP contribution in [0.4, 0.5) is 13.2 Å². The van der Waals surface area contributed by atoms with Crippen LogP contribution in [0.3, 0.4) is 0 Å². The maximum atomic E-state index is 13.4. The summed E-state index contributed by atoms with van der Waals surface area (Å²) in [6, 6.07) is 3.70. The van der Waals surface area contributed by atoms with Crippen LogP contribution in [0.15, 0.2) is 23.6 Å². The third kappa shape index (κ3) is 6.67. The maximum Gasteiger partial charge on any atom is 0.416 e. The highest BCUT2D eigenvalue weighted by atomic mass is 35.5. The number of thiazole rings is 1. The monoisotopic (exact) mass is 423 g/mol. The number of rotatable bonds is 5. The molecule has 0 bridgehead atoms. The molecule has 0 aliphatic carbocycles. The molecular weight excluding hydrogens is 403 g/mol. The van der Waals surface area contributed by atoms with Crippen molar-refractivity contribution < 1.29 is 22.7 Å². The van der Waals surface area contributed by atoms with Crippen LogP contribution in [0.2, 0.25) is 0 Å². The summed E-state index contributed by atoms with van der Waals surface area (Å²) in [5.74, 6) is -0.434. The molecule has 27 heavy (non-hydrogen) atoms. The number of amides is 1. The standard InChI is InChI=1S/C17H20F3N3O2S.ClH/c1-16(2,3)25-11-5-4-10(12(6-11)17(18,19)20)8-22-15(24)13-9-26-14(7-21)23-13;/h4-6,9H,7-8,21H2,1-3H3,(H,22,24);1H. The van der Waals surface area contributed by atoms with Gasteiger partial charge >= 0.3 is 6.18 Å². The molecule has 0 fully saturated rings. The lowest BCUT2D eigenvalue weighted by molar-refractivity contribution is -0.138. The average Bonchev–Trinajstić information content (AvgIpc) is 3.00. The number of nitrogens with two attached hydrogens (primary N) is 1. The zero-order valence-corrected chi connectivity index (χ0v) is 16.6. The minimum atomic E-state index is -4.56. The second-order valence-electron chi connectivity index (χ2n) is 6.54. The Hall–Kier alpha value is -1.84. The van der Waals surface area contributed by atoms with Gasteiger partial charge in [-0.2, -0.15) is 13.2 Å². The van der Waals surface area contributed by atoms with Gasteiger partial charge in [0.2, 0.25) is 0 Å². The molecule has 2 aromatic rings. The van der Waals surface area contributed by atoms with Gasteiger partial charge in [-0.25, -0.2) is 4.98 Å². The van der Waals surface area contributed by atoms with E-state index >= 15 is 0 Å². The van der Waals surface area contributed by atoms with Crippen LogP contribution >= 0.6 is 23.7 Å². The minimum Gasteiger partial charge on any atom is -0.488 e. The molecule has 1 amide bonds. The predicted molar refractivity (Wildman–Crippen MR) is 100 cm³/mol. The van der Waals surface area contributed by atoms with E-state index in [1.807, 2.05) is 0 Å². The fourth-order valence-electron chi connectivity index (χ4n) is 2.17. The summed E-state index contributed by atoms with van der Waals surface area (Å²) < 4.78 is 45.6. The second kappa shape index (κ2) is 8.90. The lowest BCUT2D eigenvalue weighted by atomic mass is 10.1. The van der Waals surface area contributed by atoms with Crippen molar-refractivity contribution in [2.24, 2.45) is 5.73 Å². The molecule has 2 rings (SSSR count). The Balaban J connectivity index is 0.00000364. The van der Waals surface area contributed by atoms with E-state index < -0.39 is 23.2 Å². The van der Waals surface area contributed by atoms with Gasteiger partial charge in [-0.05, 0) is 38.5 Å². The van der Waals surface area contributed by atoms with Crippen molar-refractivity contribution in [2.45, 2.75) is 45.6 Å². The number of nitrogens with zero attached hydrogens (tertiary/aromatic N) is 1. The summed E-state index contributed by atoms with van der Waals surface area (Å²) in [7, 11) is 0. The van der Waals surface area contributed by atoms with Crippen molar-refractivity contribution in [1.29, 1.82) is 0 Å². The van der Waals surface area contributed by atoms with Crippen LogP contribution in [0.25, 0.3) is 0 Å². The number of aromatic nitrogens is 1. The zero-order valence-electron chi connectivity index (χ0n) is 15.0. The van der Waals surface area contributed by atoms with Gasteiger partial charge in [0.05, 0.1) is 5.56 Å². The fraction of sp³-hybridized carbons (Fsp3) is 0.412. The number of hydrogen-bond acceptors (Lipinski definition) is 5. The lowest BCUT2D eigenvalue weighted by Crippen LogP contribution is -2.26.